The van der Waals surface area contributed by atoms with Crippen LogP contribution in [0.1, 0.15) is 22.3 Å². The summed E-state index contributed by atoms with van der Waals surface area (Å²) in [7, 11) is 1.53. The van der Waals surface area contributed by atoms with Crippen LogP contribution in [0.3, 0.4) is 0 Å². The summed E-state index contributed by atoms with van der Waals surface area (Å²) in [5.74, 6) is -0.314. The normalized spacial score (nSPS) is 19.2. The van der Waals surface area contributed by atoms with Gasteiger partial charge in [0.15, 0.2) is 11.4 Å². The summed E-state index contributed by atoms with van der Waals surface area (Å²) in [5.41, 5.74) is -1.30. The first-order valence-electron chi connectivity index (χ1n) is 6.86. The molecule has 0 amide bonds. The van der Waals surface area contributed by atoms with E-state index in [4.69, 9.17) is 9.47 Å². The Bertz CT molecular complexity index is 784. The van der Waals surface area contributed by atoms with Crippen molar-refractivity contribution in [2.45, 2.75) is 12.0 Å². The quantitative estimate of drug-likeness (QED) is 0.504. The first kappa shape index (κ1) is 15.7. The van der Waals surface area contributed by atoms with Crippen molar-refractivity contribution in [3.05, 3.63) is 58.1 Å². The Labute approximate surface area is 141 Å². The zero-order chi connectivity index (χ0) is 16.6. The Morgan fingerprint density at radius 2 is 1.96 bits per heavy atom. The minimum Gasteiger partial charge on any atom is -0.497 e. The zero-order valence-corrected chi connectivity index (χ0v) is 13.8. The number of ether oxygens (including phenoxy) is 2. The molecule has 3 rings (SSSR count). The number of methoxy groups -OCH3 is 1. The van der Waals surface area contributed by atoms with Crippen LogP contribution in [0.25, 0.3) is 0 Å². The molecule has 6 heteroatoms. The number of carbonyl (C=O) groups excluding carboxylic acids is 2. The third-order valence-electron chi connectivity index (χ3n) is 3.76. The highest BCUT2D eigenvalue weighted by atomic mass is 79.9. The lowest BCUT2D eigenvalue weighted by atomic mass is 9.88. The molecular formula is C17H13BrO5. The van der Waals surface area contributed by atoms with Crippen molar-refractivity contribution in [3.63, 3.8) is 0 Å². The molecule has 0 radical (unpaired) electrons. The minimum absolute atomic E-state index is 0.267. The maximum atomic E-state index is 12.4. The molecule has 1 atom stereocenters. The summed E-state index contributed by atoms with van der Waals surface area (Å²) in [6.45, 7) is 0. The predicted octanol–water partition coefficient (Wildman–Crippen LogP) is 2.84. The summed E-state index contributed by atoms with van der Waals surface area (Å²) in [5, 5.41) is 10.7. The number of esters is 1. The van der Waals surface area contributed by atoms with Gasteiger partial charge in [0.2, 0.25) is 0 Å². The molecule has 0 aliphatic carbocycles. The fourth-order valence-corrected chi connectivity index (χ4v) is 2.85. The van der Waals surface area contributed by atoms with E-state index in [2.05, 4.69) is 15.9 Å². The first-order chi connectivity index (χ1) is 10.9. The van der Waals surface area contributed by atoms with Gasteiger partial charge in [-0.15, -0.1) is 0 Å². The van der Waals surface area contributed by atoms with E-state index in [1.54, 1.807) is 42.5 Å². The van der Waals surface area contributed by atoms with Crippen LogP contribution in [-0.2, 0) is 10.4 Å². The number of aliphatic hydroxyl groups is 1. The summed E-state index contributed by atoms with van der Waals surface area (Å²) < 4.78 is 10.8. The molecule has 0 saturated carbocycles. The summed E-state index contributed by atoms with van der Waals surface area (Å²) in [6, 6.07) is 11.3. The van der Waals surface area contributed by atoms with Gasteiger partial charge >= 0.3 is 5.97 Å². The number of halogens is 1. The first-order valence-corrected chi connectivity index (χ1v) is 7.65. The van der Waals surface area contributed by atoms with E-state index in [0.717, 1.165) is 0 Å². The molecule has 1 unspecified atom stereocenters. The van der Waals surface area contributed by atoms with E-state index in [9.17, 15) is 14.7 Å². The van der Waals surface area contributed by atoms with Crippen molar-refractivity contribution in [1.29, 1.82) is 0 Å². The number of hydrogen-bond acceptors (Lipinski definition) is 5. The predicted molar refractivity (Wildman–Crippen MR) is 85.6 cm³/mol. The second kappa shape index (κ2) is 5.79. The van der Waals surface area contributed by atoms with Gasteiger partial charge in [0.1, 0.15) is 11.5 Å². The van der Waals surface area contributed by atoms with Gasteiger partial charge < -0.3 is 14.6 Å². The number of rotatable bonds is 4. The topological polar surface area (TPSA) is 72.8 Å². The second-order valence-corrected chi connectivity index (χ2v) is 6.13. The summed E-state index contributed by atoms with van der Waals surface area (Å²) >= 11 is 3.29. The van der Waals surface area contributed by atoms with Gasteiger partial charge in [-0.1, -0.05) is 15.9 Å². The van der Waals surface area contributed by atoms with Crippen molar-refractivity contribution in [1.82, 2.24) is 0 Å². The van der Waals surface area contributed by atoms with Crippen LogP contribution in [0.2, 0.25) is 0 Å². The van der Waals surface area contributed by atoms with Crippen LogP contribution in [0.5, 0.6) is 11.5 Å². The lowest BCUT2D eigenvalue weighted by Crippen LogP contribution is -2.36. The SMILES string of the molecule is COc1ccc(C(=O)CC2(O)C(=O)Oc3ccc(Br)cc32)cc1. The molecule has 0 bridgehead atoms. The Kier molecular flexibility index (Phi) is 3.95. The van der Waals surface area contributed by atoms with Gasteiger partial charge in [-0.05, 0) is 42.5 Å². The van der Waals surface area contributed by atoms with Gasteiger partial charge in [-0.25, -0.2) is 4.79 Å². The third-order valence-corrected chi connectivity index (χ3v) is 4.25. The van der Waals surface area contributed by atoms with Gasteiger partial charge in [0.05, 0.1) is 13.5 Å². The van der Waals surface area contributed by atoms with Crippen molar-refractivity contribution in [3.8, 4) is 11.5 Å². The molecule has 1 aliphatic heterocycles. The third kappa shape index (κ3) is 2.75. The van der Waals surface area contributed by atoms with E-state index in [-0.39, 0.29) is 18.0 Å². The molecule has 5 nitrogen and oxygen atoms in total. The van der Waals surface area contributed by atoms with Gasteiger partial charge in [0, 0.05) is 15.6 Å². The number of fused-ring (bicyclic) bond motifs is 1. The Hall–Kier alpha value is -2.18. The molecular weight excluding hydrogens is 364 g/mol. The molecule has 1 heterocycles. The average Bonchev–Trinajstić information content (AvgIpc) is 2.79. The Morgan fingerprint density at radius 3 is 2.61 bits per heavy atom. The summed E-state index contributed by atoms with van der Waals surface area (Å²) in [6.07, 6.45) is -0.387. The van der Waals surface area contributed by atoms with Crippen molar-refractivity contribution < 1.29 is 24.2 Å². The zero-order valence-electron chi connectivity index (χ0n) is 12.2. The summed E-state index contributed by atoms with van der Waals surface area (Å²) in [4.78, 5) is 24.5. The molecule has 0 spiro atoms. The molecule has 0 fully saturated rings. The molecule has 0 aromatic heterocycles. The molecule has 23 heavy (non-hydrogen) atoms. The maximum absolute atomic E-state index is 12.4. The van der Waals surface area contributed by atoms with Crippen molar-refractivity contribution >= 4 is 27.7 Å². The fourth-order valence-electron chi connectivity index (χ4n) is 2.49. The number of carbonyl (C=O) groups is 2. The smallest absolute Gasteiger partial charge is 0.348 e. The van der Waals surface area contributed by atoms with Crippen LogP contribution in [0.4, 0.5) is 0 Å². The average molecular weight is 377 g/mol. The fraction of sp³-hybridized carbons (Fsp3) is 0.176. The van der Waals surface area contributed by atoms with Crippen molar-refractivity contribution in [2.24, 2.45) is 0 Å². The second-order valence-electron chi connectivity index (χ2n) is 5.22. The highest BCUT2D eigenvalue weighted by molar-refractivity contribution is 9.10. The van der Waals surface area contributed by atoms with Gasteiger partial charge in [-0.3, -0.25) is 4.79 Å². The molecule has 2 aromatic carbocycles. The molecule has 1 N–H and O–H groups in total. The number of benzene rings is 2. The van der Waals surface area contributed by atoms with Gasteiger partial charge in [-0.2, -0.15) is 0 Å². The van der Waals surface area contributed by atoms with Crippen LogP contribution < -0.4 is 9.47 Å². The Balaban J connectivity index is 1.90. The van der Waals surface area contributed by atoms with Crippen LogP contribution in [0, 0.1) is 0 Å². The van der Waals surface area contributed by atoms with Gasteiger partial charge in [0.25, 0.3) is 0 Å². The van der Waals surface area contributed by atoms with E-state index in [1.807, 2.05) is 0 Å². The maximum Gasteiger partial charge on any atom is 0.348 e. The van der Waals surface area contributed by atoms with Crippen LogP contribution in [0.15, 0.2) is 46.9 Å². The Morgan fingerprint density at radius 1 is 1.26 bits per heavy atom. The van der Waals surface area contributed by atoms with Crippen LogP contribution in [-0.4, -0.2) is 24.0 Å². The monoisotopic (exact) mass is 376 g/mol. The van der Waals surface area contributed by atoms with E-state index < -0.39 is 11.6 Å². The highest BCUT2D eigenvalue weighted by Crippen LogP contribution is 2.42. The standard InChI is InChI=1S/C17H13BrO5/c1-22-12-5-2-10(3-6-12)14(19)9-17(21)13-8-11(18)4-7-15(13)23-16(17)20/h2-8,21H,9H2,1H3. The van der Waals surface area contributed by atoms with E-state index in [1.165, 1.54) is 7.11 Å². The largest absolute Gasteiger partial charge is 0.497 e. The minimum atomic E-state index is -1.98. The lowest BCUT2D eigenvalue weighted by Gasteiger charge is -2.18. The van der Waals surface area contributed by atoms with E-state index >= 15 is 0 Å². The number of hydrogen-bond donors (Lipinski definition) is 1. The van der Waals surface area contributed by atoms with E-state index in [0.29, 0.717) is 21.3 Å². The number of Topliss-reactive ketones (excluding diaryl/α,β-unsaturated/α-hetero) is 1. The number of ketones is 1. The lowest BCUT2D eigenvalue weighted by molar-refractivity contribution is -0.151. The highest BCUT2D eigenvalue weighted by Gasteiger charge is 2.49. The molecule has 0 saturated heterocycles. The molecule has 2 aromatic rings. The van der Waals surface area contributed by atoms with Crippen LogP contribution >= 0.6 is 15.9 Å². The molecule has 118 valence electrons. The molecule has 1 aliphatic rings. The van der Waals surface area contributed by atoms with Crippen molar-refractivity contribution in [2.75, 3.05) is 7.11 Å².